The van der Waals surface area contributed by atoms with E-state index < -0.39 is 25.3 Å². The molecule has 0 unspecified atom stereocenters. The molecule has 0 atom stereocenters. The Kier molecular flexibility index (Phi) is 5.04. The van der Waals surface area contributed by atoms with Gasteiger partial charge in [0.1, 0.15) is 4.49 Å². The summed E-state index contributed by atoms with van der Waals surface area (Å²) in [6, 6.07) is 5.39. The summed E-state index contributed by atoms with van der Waals surface area (Å²) in [5.41, 5.74) is 0. The second kappa shape index (κ2) is 5.93. The highest BCUT2D eigenvalue weighted by atomic mass is 35.5. The van der Waals surface area contributed by atoms with E-state index in [0.29, 0.717) is 5.02 Å². The summed E-state index contributed by atoms with van der Waals surface area (Å²) >= 11 is 16.6. The van der Waals surface area contributed by atoms with Crippen molar-refractivity contribution < 1.29 is 13.2 Å². The molecule has 98 valence electrons. The number of carbonyl (C=O) groups is 1. The summed E-state index contributed by atoms with van der Waals surface area (Å²) < 4.78 is 23.7. The molecule has 1 N–H and O–H groups in total. The van der Waals surface area contributed by atoms with Crippen LogP contribution in [0.5, 0.6) is 0 Å². The highest BCUT2D eigenvalue weighted by Gasteiger charge is 2.24. The Balaban J connectivity index is 3.31. The van der Waals surface area contributed by atoms with Crippen molar-refractivity contribution in [3.63, 3.8) is 0 Å². The average molecular weight is 329 g/mol. The minimum Gasteiger partial charge on any atom is -0.315 e. The smallest absolute Gasteiger partial charge is 0.224 e. The van der Waals surface area contributed by atoms with Gasteiger partial charge in [0.25, 0.3) is 0 Å². The van der Waals surface area contributed by atoms with Crippen LogP contribution in [0.3, 0.4) is 0 Å². The first-order chi connectivity index (χ1) is 8.25. The molecule has 0 radical (unpaired) electrons. The van der Waals surface area contributed by atoms with Crippen LogP contribution in [0.1, 0.15) is 6.92 Å². The predicted octanol–water partition coefficient (Wildman–Crippen LogP) is 2.85. The van der Waals surface area contributed by atoms with Crippen molar-refractivity contribution in [2.24, 2.45) is 0 Å². The van der Waals surface area contributed by atoms with Gasteiger partial charge in [-0.15, -0.1) is 0 Å². The average Bonchev–Trinajstić information content (AvgIpc) is 2.25. The maximum Gasteiger partial charge on any atom is 0.224 e. The van der Waals surface area contributed by atoms with E-state index in [-0.39, 0.29) is 4.90 Å². The number of nitrogens with one attached hydrogen (secondary N) is 1. The fraction of sp³-hybridized carbons (Fsp3) is 0.100. The number of sulfone groups is 1. The lowest BCUT2D eigenvalue weighted by Crippen LogP contribution is -2.25. The fourth-order valence-electron chi connectivity index (χ4n) is 1.11. The van der Waals surface area contributed by atoms with Gasteiger partial charge in [-0.1, -0.05) is 34.8 Å². The molecule has 1 aromatic carbocycles. The van der Waals surface area contributed by atoms with E-state index in [1.54, 1.807) is 0 Å². The molecule has 0 aliphatic heterocycles. The molecule has 0 aromatic heterocycles. The molecule has 0 spiro atoms. The molecule has 18 heavy (non-hydrogen) atoms. The van der Waals surface area contributed by atoms with Crippen LogP contribution in [-0.4, -0.2) is 14.3 Å². The number of hydrogen-bond acceptors (Lipinski definition) is 3. The summed E-state index contributed by atoms with van der Waals surface area (Å²) in [7, 11) is -3.99. The molecule has 0 bridgehead atoms. The van der Waals surface area contributed by atoms with Gasteiger partial charge in [0.2, 0.25) is 15.7 Å². The van der Waals surface area contributed by atoms with Crippen LogP contribution in [0, 0.1) is 0 Å². The number of hydrogen-bond donors (Lipinski definition) is 1. The summed E-state index contributed by atoms with van der Waals surface area (Å²) in [4.78, 5) is 10.9. The molecule has 0 fully saturated rings. The second-order valence-electron chi connectivity index (χ2n) is 3.23. The SMILES string of the molecule is CC(=O)NC(=C(Cl)Cl)S(=O)(=O)c1ccc(Cl)cc1. The molecular formula is C10H8Cl3NO3S. The highest BCUT2D eigenvalue weighted by molar-refractivity contribution is 7.95. The lowest BCUT2D eigenvalue weighted by atomic mass is 10.4. The first-order valence-corrected chi connectivity index (χ1v) is 7.20. The summed E-state index contributed by atoms with van der Waals surface area (Å²) in [5.74, 6) is -0.596. The standard InChI is InChI=1S/C10H8Cl3NO3S/c1-6(15)14-10(9(12)13)18(16,17)8-4-2-7(11)3-5-8/h2-5H,1H3,(H,14,15). The second-order valence-corrected chi connectivity index (χ2v) is 6.50. The molecule has 0 saturated heterocycles. The van der Waals surface area contributed by atoms with Crippen LogP contribution in [0.15, 0.2) is 38.7 Å². The topological polar surface area (TPSA) is 63.2 Å². The summed E-state index contributed by atoms with van der Waals surface area (Å²) in [5, 5.41) is 1.92. The number of rotatable bonds is 3. The normalized spacial score (nSPS) is 10.9. The van der Waals surface area contributed by atoms with E-state index in [9.17, 15) is 13.2 Å². The zero-order valence-corrected chi connectivity index (χ0v) is 12.2. The van der Waals surface area contributed by atoms with Gasteiger partial charge in [0.15, 0.2) is 5.03 Å². The zero-order chi connectivity index (χ0) is 13.9. The van der Waals surface area contributed by atoms with Crippen LogP contribution in [-0.2, 0) is 14.6 Å². The lowest BCUT2D eigenvalue weighted by molar-refractivity contribution is -0.118. The monoisotopic (exact) mass is 327 g/mol. The van der Waals surface area contributed by atoms with E-state index in [1.807, 2.05) is 0 Å². The highest BCUT2D eigenvalue weighted by Crippen LogP contribution is 2.25. The first kappa shape index (κ1) is 15.3. The third-order valence-corrected chi connectivity index (χ3v) is 4.44. The number of benzene rings is 1. The van der Waals surface area contributed by atoms with E-state index >= 15 is 0 Å². The molecular weight excluding hydrogens is 321 g/mol. The third-order valence-electron chi connectivity index (χ3n) is 1.85. The van der Waals surface area contributed by atoms with Crippen LogP contribution < -0.4 is 5.32 Å². The summed E-state index contributed by atoms with van der Waals surface area (Å²) in [6.07, 6.45) is 0. The van der Waals surface area contributed by atoms with Crippen molar-refractivity contribution >= 4 is 50.5 Å². The van der Waals surface area contributed by atoms with Crippen molar-refractivity contribution in [3.8, 4) is 0 Å². The number of amides is 1. The Morgan fingerprint density at radius 2 is 1.67 bits per heavy atom. The van der Waals surface area contributed by atoms with Crippen molar-refractivity contribution in [2.45, 2.75) is 11.8 Å². The van der Waals surface area contributed by atoms with Crippen LogP contribution in [0.4, 0.5) is 0 Å². The van der Waals surface area contributed by atoms with Crippen molar-refractivity contribution in [1.29, 1.82) is 0 Å². The van der Waals surface area contributed by atoms with Gasteiger partial charge in [-0.05, 0) is 24.3 Å². The Morgan fingerprint density at radius 1 is 1.17 bits per heavy atom. The van der Waals surface area contributed by atoms with Crippen LogP contribution in [0.2, 0.25) is 5.02 Å². The van der Waals surface area contributed by atoms with Crippen molar-refractivity contribution in [3.05, 3.63) is 38.8 Å². The van der Waals surface area contributed by atoms with E-state index in [4.69, 9.17) is 34.8 Å². The van der Waals surface area contributed by atoms with E-state index in [2.05, 4.69) is 5.32 Å². The Hall–Kier alpha value is -0.750. The molecule has 8 heteroatoms. The van der Waals surface area contributed by atoms with Crippen LogP contribution in [0.25, 0.3) is 0 Å². The fourth-order valence-corrected chi connectivity index (χ4v) is 3.15. The molecule has 4 nitrogen and oxygen atoms in total. The van der Waals surface area contributed by atoms with Gasteiger partial charge < -0.3 is 5.32 Å². The van der Waals surface area contributed by atoms with Crippen molar-refractivity contribution in [2.75, 3.05) is 0 Å². The minimum atomic E-state index is -3.99. The first-order valence-electron chi connectivity index (χ1n) is 4.58. The van der Waals surface area contributed by atoms with E-state index in [0.717, 1.165) is 6.92 Å². The summed E-state index contributed by atoms with van der Waals surface area (Å²) in [6.45, 7) is 1.15. The van der Waals surface area contributed by atoms with Gasteiger partial charge in [0.05, 0.1) is 4.90 Å². The number of carbonyl (C=O) groups excluding carboxylic acids is 1. The van der Waals surface area contributed by atoms with Gasteiger partial charge in [-0.2, -0.15) is 0 Å². The lowest BCUT2D eigenvalue weighted by Gasteiger charge is -2.09. The third kappa shape index (κ3) is 3.62. The molecule has 0 aliphatic carbocycles. The molecule has 0 saturated carbocycles. The Bertz CT molecular complexity index is 589. The maximum absolute atomic E-state index is 12.1. The molecule has 0 aliphatic rings. The zero-order valence-electron chi connectivity index (χ0n) is 9.08. The quantitative estimate of drug-likeness (QED) is 0.928. The molecule has 1 aromatic rings. The van der Waals surface area contributed by atoms with Gasteiger partial charge in [-0.3, -0.25) is 4.79 Å². The Labute approximate surface area is 119 Å². The predicted molar refractivity (Wildman–Crippen MR) is 71.2 cm³/mol. The van der Waals surface area contributed by atoms with Gasteiger partial charge >= 0.3 is 0 Å². The molecule has 1 amide bonds. The molecule has 0 heterocycles. The minimum absolute atomic E-state index is 0.0746. The Morgan fingerprint density at radius 3 is 2.06 bits per heavy atom. The van der Waals surface area contributed by atoms with E-state index in [1.165, 1.54) is 24.3 Å². The van der Waals surface area contributed by atoms with Gasteiger partial charge in [-0.25, -0.2) is 8.42 Å². The maximum atomic E-state index is 12.1. The molecule has 1 rings (SSSR count). The van der Waals surface area contributed by atoms with Crippen molar-refractivity contribution in [1.82, 2.24) is 5.32 Å². The number of halogens is 3. The largest absolute Gasteiger partial charge is 0.315 e. The van der Waals surface area contributed by atoms with Crippen LogP contribution >= 0.6 is 34.8 Å². The van der Waals surface area contributed by atoms with Gasteiger partial charge in [0, 0.05) is 11.9 Å².